The van der Waals surface area contributed by atoms with Gasteiger partial charge in [-0.1, -0.05) is 52.0 Å². The first-order valence-electron chi connectivity index (χ1n) is 11.7. The smallest absolute Gasteiger partial charge is 0.243 e. The van der Waals surface area contributed by atoms with Crippen LogP contribution in [0.15, 0.2) is 49.1 Å². The van der Waals surface area contributed by atoms with E-state index in [4.69, 9.17) is 9.47 Å². The fourth-order valence-corrected chi connectivity index (χ4v) is 3.73. The summed E-state index contributed by atoms with van der Waals surface area (Å²) in [5.41, 5.74) is 1.25. The van der Waals surface area contributed by atoms with Crippen LogP contribution >= 0.6 is 0 Å². The van der Waals surface area contributed by atoms with E-state index in [0.29, 0.717) is 11.8 Å². The minimum atomic E-state index is 0.628. The highest BCUT2D eigenvalue weighted by Gasteiger charge is 2.15. The van der Waals surface area contributed by atoms with E-state index in [1.165, 1.54) is 5.56 Å². The van der Waals surface area contributed by atoms with Gasteiger partial charge >= 0.3 is 0 Å². The Morgan fingerprint density at radius 1 is 0.935 bits per heavy atom. The fourth-order valence-electron chi connectivity index (χ4n) is 3.73. The maximum atomic E-state index is 6.40. The fraction of sp³-hybridized carbons (Fsp3) is 0.519. The summed E-state index contributed by atoms with van der Waals surface area (Å²) in [7, 11) is 2.06. The van der Waals surface area contributed by atoms with Crippen LogP contribution in [0.1, 0.15) is 52.5 Å². The maximum Gasteiger partial charge on any atom is 0.243 e. The van der Waals surface area contributed by atoms with Crippen LogP contribution in [-0.2, 0) is 20.0 Å². The number of rotatable bonds is 12. The third kappa shape index (κ3) is 6.75. The number of nitrogens with zero attached hydrogens (tertiary/aromatic N) is 2. The Kier molecular flexibility index (Phi) is 8.39. The van der Waals surface area contributed by atoms with Gasteiger partial charge in [0.25, 0.3) is 0 Å². The molecule has 31 heavy (non-hydrogen) atoms. The molecule has 3 rings (SSSR count). The van der Waals surface area contributed by atoms with Gasteiger partial charge < -0.3 is 9.47 Å². The Labute approximate surface area is 187 Å². The first-order valence-corrected chi connectivity index (χ1v) is 11.7. The lowest BCUT2D eigenvalue weighted by molar-refractivity contribution is -0.671. The SMILES string of the molecule is CC(C)CCOc1cc(CCCn2cc[n+](C)c2)c(OCCC(C)C)c2ccccc12. The van der Waals surface area contributed by atoms with Crippen molar-refractivity contribution in [2.24, 2.45) is 18.9 Å². The van der Waals surface area contributed by atoms with Crippen molar-refractivity contribution in [2.75, 3.05) is 13.2 Å². The molecule has 0 unspecified atom stereocenters. The van der Waals surface area contributed by atoms with Gasteiger partial charge in [0, 0.05) is 10.8 Å². The number of aromatic nitrogens is 2. The molecule has 168 valence electrons. The van der Waals surface area contributed by atoms with Gasteiger partial charge in [0.2, 0.25) is 6.33 Å². The number of aryl methyl sites for hydroxylation is 3. The van der Waals surface area contributed by atoms with E-state index in [1.54, 1.807) is 0 Å². The first-order chi connectivity index (χ1) is 14.9. The van der Waals surface area contributed by atoms with Gasteiger partial charge in [0.05, 0.1) is 26.8 Å². The molecule has 0 radical (unpaired) electrons. The van der Waals surface area contributed by atoms with Crippen molar-refractivity contribution < 1.29 is 14.0 Å². The van der Waals surface area contributed by atoms with Crippen LogP contribution in [0.25, 0.3) is 10.8 Å². The van der Waals surface area contributed by atoms with Crippen LogP contribution in [0.2, 0.25) is 0 Å². The molecule has 4 nitrogen and oxygen atoms in total. The molecular formula is C27H39N2O2+. The van der Waals surface area contributed by atoms with Gasteiger partial charge in [0.1, 0.15) is 23.9 Å². The highest BCUT2D eigenvalue weighted by molar-refractivity contribution is 5.94. The maximum absolute atomic E-state index is 6.40. The van der Waals surface area contributed by atoms with Crippen LogP contribution < -0.4 is 14.0 Å². The zero-order valence-electron chi connectivity index (χ0n) is 19.9. The van der Waals surface area contributed by atoms with Gasteiger partial charge in [-0.2, -0.15) is 0 Å². The Bertz CT molecular complexity index is 959. The standard InChI is InChI=1S/C27H39N2O2/c1-21(2)12-17-30-26-19-23(9-8-14-29-16-15-28(5)20-29)27(31-18-13-22(3)4)25-11-7-6-10-24(25)26/h6-7,10-11,15-16,19-22H,8-9,12-14,17-18H2,1-5H3/q+1. The lowest BCUT2D eigenvalue weighted by Gasteiger charge is -2.19. The first kappa shape index (κ1) is 23.2. The second-order valence-electron chi connectivity index (χ2n) is 9.39. The van der Waals surface area contributed by atoms with E-state index in [-0.39, 0.29) is 0 Å². The van der Waals surface area contributed by atoms with E-state index < -0.39 is 0 Å². The predicted molar refractivity (Wildman–Crippen MR) is 128 cm³/mol. The van der Waals surface area contributed by atoms with Crippen molar-refractivity contribution in [3.05, 3.63) is 54.6 Å². The number of hydrogen-bond donors (Lipinski definition) is 0. The molecule has 0 atom stereocenters. The summed E-state index contributed by atoms with van der Waals surface area (Å²) in [6, 6.07) is 10.7. The average molecular weight is 424 g/mol. The highest BCUT2D eigenvalue weighted by Crippen LogP contribution is 2.38. The summed E-state index contributed by atoms with van der Waals surface area (Å²) in [6.07, 6.45) is 10.5. The van der Waals surface area contributed by atoms with Crippen molar-refractivity contribution in [3.8, 4) is 11.5 Å². The van der Waals surface area contributed by atoms with Crippen molar-refractivity contribution >= 4 is 10.8 Å². The summed E-state index contributed by atoms with van der Waals surface area (Å²) in [6.45, 7) is 11.4. The molecule has 0 bridgehead atoms. The van der Waals surface area contributed by atoms with Crippen LogP contribution in [0, 0.1) is 11.8 Å². The van der Waals surface area contributed by atoms with E-state index in [0.717, 1.165) is 67.7 Å². The summed E-state index contributed by atoms with van der Waals surface area (Å²) < 4.78 is 17.0. The zero-order chi connectivity index (χ0) is 22.2. The third-order valence-electron chi connectivity index (χ3n) is 5.61. The molecule has 2 aromatic carbocycles. The molecule has 0 aliphatic heterocycles. The van der Waals surface area contributed by atoms with E-state index in [2.05, 4.69) is 92.9 Å². The normalized spacial score (nSPS) is 11.6. The quantitative estimate of drug-likeness (QED) is 0.337. The molecule has 4 heteroatoms. The molecule has 0 amide bonds. The van der Waals surface area contributed by atoms with Crippen molar-refractivity contribution in [1.29, 1.82) is 0 Å². The van der Waals surface area contributed by atoms with Crippen LogP contribution in [0.5, 0.6) is 11.5 Å². The predicted octanol–water partition coefficient (Wildman–Crippen LogP) is 5.95. The molecule has 0 aliphatic rings. The lowest BCUT2D eigenvalue weighted by atomic mass is 10.0. The van der Waals surface area contributed by atoms with Crippen molar-refractivity contribution in [3.63, 3.8) is 0 Å². The monoisotopic (exact) mass is 423 g/mol. The van der Waals surface area contributed by atoms with Gasteiger partial charge in [-0.15, -0.1) is 0 Å². The Hall–Kier alpha value is -2.49. The molecule has 0 N–H and O–H groups in total. The number of hydrogen-bond acceptors (Lipinski definition) is 2. The molecule has 3 aromatic rings. The number of benzene rings is 2. The Balaban J connectivity index is 1.86. The molecule has 0 saturated carbocycles. The Morgan fingerprint density at radius 2 is 1.61 bits per heavy atom. The van der Waals surface area contributed by atoms with Crippen LogP contribution in [-0.4, -0.2) is 17.8 Å². The Morgan fingerprint density at radius 3 is 2.26 bits per heavy atom. The van der Waals surface area contributed by atoms with Gasteiger partial charge in [-0.05, 0) is 49.1 Å². The van der Waals surface area contributed by atoms with Gasteiger partial charge in [0.15, 0.2) is 0 Å². The molecule has 0 aliphatic carbocycles. The summed E-state index contributed by atoms with van der Waals surface area (Å²) >= 11 is 0. The summed E-state index contributed by atoms with van der Waals surface area (Å²) in [4.78, 5) is 0. The molecule has 0 fully saturated rings. The highest BCUT2D eigenvalue weighted by atomic mass is 16.5. The van der Waals surface area contributed by atoms with E-state index >= 15 is 0 Å². The third-order valence-corrected chi connectivity index (χ3v) is 5.61. The average Bonchev–Trinajstić information content (AvgIpc) is 3.14. The van der Waals surface area contributed by atoms with Crippen LogP contribution in [0.3, 0.4) is 0 Å². The van der Waals surface area contributed by atoms with E-state index in [9.17, 15) is 0 Å². The molecule has 1 aromatic heterocycles. The molecular weight excluding hydrogens is 384 g/mol. The van der Waals surface area contributed by atoms with Gasteiger partial charge in [-0.3, -0.25) is 0 Å². The number of imidazole rings is 1. The minimum absolute atomic E-state index is 0.628. The second kappa shape index (κ2) is 11.2. The number of ether oxygens (including phenoxy) is 2. The largest absolute Gasteiger partial charge is 0.493 e. The second-order valence-corrected chi connectivity index (χ2v) is 9.39. The number of fused-ring (bicyclic) bond motifs is 1. The lowest BCUT2D eigenvalue weighted by Crippen LogP contribution is -2.23. The summed E-state index contributed by atoms with van der Waals surface area (Å²) in [5, 5.41) is 2.31. The van der Waals surface area contributed by atoms with Crippen LogP contribution in [0.4, 0.5) is 0 Å². The van der Waals surface area contributed by atoms with Gasteiger partial charge in [-0.25, -0.2) is 9.13 Å². The van der Waals surface area contributed by atoms with Crippen molar-refractivity contribution in [2.45, 2.75) is 59.9 Å². The molecule has 0 spiro atoms. The molecule has 0 saturated heterocycles. The topological polar surface area (TPSA) is 27.3 Å². The summed E-state index contributed by atoms with van der Waals surface area (Å²) in [5.74, 6) is 3.27. The van der Waals surface area contributed by atoms with E-state index in [1.807, 2.05) is 0 Å². The molecule has 1 heterocycles. The zero-order valence-corrected chi connectivity index (χ0v) is 19.9. The van der Waals surface area contributed by atoms with Crippen molar-refractivity contribution in [1.82, 2.24) is 4.57 Å². The minimum Gasteiger partial charge on any atom is -0.493 e.